The van der Waals surface area contributed by atoms with Gasteiger partial charge in [-0.3, -0.25) is 9.59 Å². The second-order valence-corrected chi connectivity index (χ2v) is 5.45. The van der Waals surface area contributed by atoms with Crippen molar-refractivity contribution in [2.24, 2.45) is 0 Å². The van der Waals surface area contributed by atoms with Gasteiger partial charge >= 0.3 is 0 Å². The molecule has 1 heterocycles. The molecule has 19 heavy (non-hydrogen) atoms. The van der Waals surface area contributed by atoms with Crippen molar-refractivity contribution in [3.05, 3.63) is 29.3 Å². The number of rotatable bonds is 3. The number of thiol groups is 1. The third kappa shape index (κ3) is 2.92. The van der Waals surface area contributed by atoms with E-state index in [0.717, 1.165) is 11.3 Å². The molecule has 2 rings (SSSR count). The molecule has 1 fully saturated rings. The topological polar surface area (TPSA) is 49.4 Å². The quantitative estimate of drug-likeness (QED) is 0.828. The van der Waals surface area contributed by atoms with Crippen molar-refractivity contribution < 1.29 is 9.59 Å². The summed E-state index contributed by atoms with van der Waals surface area (Å²) >= 11 is 4.35. The van der Waals surface area contributed by atoms with E-state index in [2.05, 4.69) is 17.9 Å². The highest BCUT2D eigenvalue weighted by Gasteiger charge is 2.29. The van der Waals surface area contributed by atoms with Crippen LogP contribution in [-0.2, 0) is 4.79 Å². The first-order valence-corrected chi connectivity index (χ1v) is 6.92. The first-order chi connectivity index (χ1) is 9.02. The van der Waals surface area contributed by atoms with Gasteiger partial charge in [0.2, 0.25) is 5.91 Å². The van der Waals surface area contributed by atoms with E-state index in [-0.39, 0.29) is 17.1 Å². The number of hydrogen-bond donors (Lipinski definition) is 2. The first-order valence-electron chi connectivity index (χ1n) is 6.40. The SMILES string of the molecule is CCNC(=O)c1ccc(C)c(N2CC(S)CC2=O)c1. The van der Waals surface area contributed by atoms with Gasteiger partial charge in [0.15, 0.2) is 0 Å². The van der Waals surface area contributed by atoms with E-state index in [1.165, 1.54) is 0 Å². The highest BCUT2D eigenvalue weighted by Crippen LogP contribution is 2.28. The number of nitrogens with one attached hydrogen (secondary N) is 1. The van der Waals surface area contributed by atoms with E-state index >= 15 is 0 Å². The maximum atomic E-state index is 11.9. The number of hydrogen-bond acceptors (Lipinski definition) is 3. The Bertz CT molecular complexity index is 516. The molecule has 1 N–H and O–H groups in total. The highest BCUT2D eigenvalue weighted by atomic mass is 32.1. The molecule has 1 aromatic carbocycles. The Kier molecular flexibility index (Phi) is 4.14. The van der Waals surface area contributed by atoms with Crippen molar-refractivity contribution in [1.82, 2.24) is 5.32 Å². The van der Waals surface area contributed by atoms with Crippen LogP contribution in [0.4, 0.5) is 5.69 Å². The molecule has 0 radical (unpaired) electrons. The maximum absolute atomic E-state index is 11.9. The van der Waals surface area contributed by atoms with Crippen molar-refractivity contribution >= 4 is 30.1 Å². The van der Waals surface area contributed by atoms with Gasteiger partial charge in [0.25, 0.3) is 5.91 Å². The summed E-state index contributed by atoms with van der Waals surface area (Å²) in [5.74, 6) is -0.0473. The van der Waals surface area contributed by atoms with E-state index in [9.17, 15) is 9.59 Å². The molecular formula is C14H18N2O2S. The fraction of sp³-hybridized carbons (Fsp3) is 0.429. The molecule has 0 bridgehead atoms. The Morgan fingerprint density at radius 1 is 1.53 bits per heavy atom. The van der Waals surface area contributed by atoms with Gasteiger partial charge < -0.3 is 10.2 Å². The monoisotopic (exact) mass is 278 g/mol. The number of carbonyl (C=O) groups excluding carboxylic acids is 2. The lowest BCUT2D eigenvalue weighted by Crippen LogP contribution is -2.27. The Morgan fingerprint density at radius 3 is 2.84 bits per heavy atom. The average Bonchev–Trinajstić information content (AvgIpc) is 2.69. The number of anilines is 1. The van der Waals surface area contributed by atoms with Crippen LogP contribution in [0.5, 0.6) is 0 Å². The minimum Gasteiger partial charge on any atom is -0.352 e. The molecule has 0 saturated carbocycles. The lowest BCUT2D eigenvalue weighted by atomic mass is 10.1. The molecule has 0 spiro atoms. The van der Waals surface area contributed by atoms with Crippen molar-refractivity contribution in [2.75, 3.05) is 18.0 Å². The van der Waals surface area contributed by atoms with Crippen LogP contribution in [0.1, 0.15) is 29.3 Å². The van der Waals surface area contributed by atoms with Crippen LogP contribution in [0.15, 0.2) is 18.2 Å². The van der Waals surface area contributed by atoms with E-state index in [1.54, 1.807) is 17.0 Å². The predicted molar refractivity (Wildman–Crippen MR) is 78.9 cm³/mol. The minimum absolute atomic E-state index is 0.0659. The van der Waals surface area contributed by atoms with E-state index < -0.39 is 0 Å². The lowest BCUT2D eigenvalue weighted by Gasteiger charge is -2.19. The molecule has 2 amide bonds. The fourth-order valence-electron chi connectivity index (χ4n) is 2.23. The standard InChI is InChI=1S/C14H18N2O2S/c1-3-15-14(18)10-5-4-9(2)12(6-10)16-8-11(19)7-13(16)17/h4-6,11,19H,3,7-8H2,1-2H3,(H,15,18). The Balaban J connectivity index is 2.32. The van der Waals surface area contributed by atoms with Crippen LogP contribution < -0.4 is 10.2 Å². The number of amides is 2. The number of nitrogens with zero attached hydrogens (tertiary/aromatic N) is 1. The summed E-state index contributed by atoms with van der Waals surface area (Å²) in [4.78, 5) is 25.5. The number of benzene rings is 1. The summed E-state index contributed by atoms with van der Waals surface area (Å²) in [6.45, 7) is 5.00. The third-order valence-corrected chi connectivity index (χ3v) is 3.55. The first kappa shape index (κ1) is 13.9. The second-order valence-electron chi connectivity index (χ2n) is 4.72. The molecule has 4 nitrogen and oxygen atoms in total. The zero-order valence-electron chi connectivity index (χ0n) is 11.1. The predicted octanol–water partition coefficient (Wildman–Crippen LogP) is 1.78. The van der Waals surface area contributed by atoms with Crippen LogP contribution in [0.3, 0.4) is 0 Å². The molecule has 1 saturated heterocycles. The summed E-state index contributed by atoms with van der Waals surface area (Å²) in [5, 5.41) is 2.83. The van der Waals surface area contributed by atoms with Crippen LogP contribution in [0, 0.1) is 6.92 Å². The zero-order valence-corrected chi connectivity index (χ0v) is 12.0. The van der Waals surface area contributed by atoms with Crippen molar-refractivity contribution in [3.8, 4) is 0 Å². The molecule has 1 atom stereocenters. The van der Waals surface area contributed by atoms with Gasteiger partial charge in [-0.2, -0.15) is 12.6 Å². The Labute approximate surface area is 118 Å². The minimum atomic E-state index is -0.113. The normalized spacial score (nSPS) is 18.8. The number of aryl methyl sites for hydroxylation is 1. The third-order valence-electron chi connectivity index (χ3n) is 3.20. The van der Waals surface area contributed by atoms with E-state index in [4.69, 9.17) is 0 Å². The van der Waals surface area contributed by atoms with Gasteiger partial charge in [0.1, 0.15) is 0 Å². The van der Waals surface area contributed by atoms with Crippen molar-refractivity contribution in [1.29, 1.82) is 0 Å². The van der Waals surface area contributed by atoms with Gasteiger partial charge in [-0.05, 0) is 31.5 Å². The zero-order chi connectivity index (χ0) is 14.0. The molecule has 0 aromatic heterocycles. The largest absolute Gasteiger partial charge is 0.352 e. The lowest BCUT2D eigenvalue weighted by molar-refractivity contribution is -0.117. The molecular weight excluding hydrogens is 260 g/mol. The summed E-state index contributed by atoms with van der Waals surface area (Å²) < 4.78 is 0. The molecule has 0 aliphatic carbocycles. The highest BCUT2D eigenvalue weighted by molar-refractivity contribution is 7.81. The Morgan fingerprint density at radius 2 is 2.26 bits per heavy atom. The second kappa shape index (κ2) is 5.65. The van der Waals surface area contributed by atoms with Crippen molar-refractivity contribution in [3.63, 3.8) is 0 Å². The van der Waals surface area contributed by atoms with Crippen LogP contribution in [0.25, 0.3) is 0 Å². The molecule has 5 heteroatoms. The van der Waals surface area contributed by atoms with Gasteiger partial charge in [0, 0.05) is 36.0 Å². The smallest absolute Gasteiger partial charge is 0.251 e. The molecule has 1 aliphatic rings. The average molecular weight is 278 g/mol. The molecule has 1 aromatic rings. The number of carbonyl (C=O) groups is 2. The summed E-state index contributed by atoms with van der Waals surface area (Å²) in [7, 11) is 0. The summed E-state index contributed by atoms with van der Waals surface area (Å²) in [5.41, 5.74) is 2.38. The maximum Gasteiger partial charge on any atom is 0.251 e. The van der Waals surface area contributed by atoms with Crippen LogP contribution >= 0.6 is 12.6 Å². The molecule has 1 unspecified atom stereocenters. The van der Waals surface area contributed by atoms with Crippen molar-refractivity contribution in [2.45, 2.75) is 25.5 Å². The van der Waals surface area contributed by atoms with Gasteiger partial charge in [-0.25, -0.2) is 0 Å². The van der Waals surface area contributed by atoms with Crippen LogP contribution in [0.2, 0.25) is 0 Å². The van der Waals surface area contributed by atoms with Gasteiger partial charge in [0.05, 0.1) is 0 Å². The van der Waals surface area contributed by atoms with Crippen LogP contribution in [-0.4, -0.2) is 30.2 Å². The summed E-state index contributed by atoms with van der Waals surface area (Å²) in [6.07, 6.45) is 0.452. The van der Waals surface area contributed by atoms with Gasteiger partial charge in [-0.15, -0.1) is 0 Å². The van der Waals surface area contributed by atoms with E-state index in [1.807, 2.05) is 19.9 Å². The fourth-order valence-corrected chi connectivity index (χ4v) is 2.55. The molecule has 102 valence electrons. The summed E-state index contributed by atoms with van der Waals surface area (Å²) in [6, 6.07) is 5.44. The van der Waals surface area contributed by atoms with Gasteiger partial charge in [-0.1, -0.05) is 6.07 Å². The molecule has 1 aliphatic heterocycles. The Hall–Kier alpha value is -1.49. The van der Waals surface area contributed by atoms with E-state index in [0.29, 0.717) is 25.1 Å².